The van der Waals surface area contributed by atoms with Crippen molar-refractivity contribution in [2.75, 3.05) is 12.3 Å². The molecular weight excluding hydrogens is 252 g/mol. The van der Waals surface area contributed by atoms with Crippen LogP contribution in [0.5, 0.6) is 0 Å². The van der Waals surface area contributed by atoms with Crippen molar-refractivity contribution in [1.82, 2.24) is 19.9 Å². The van der Waals surface area contributed by atoms with Gasteiger partial charge in [-0.25, -0.2) is 15.0 Å². The second-order valence-electron chi connectivity index (χ2n) is 4.41. The molecule has 0 saturated carbocycles. The molecule has 2 aromatic rings. The fraction of sp³-hybridized carbons (Fsp3) is 0.500. The highest BCUT2D eigenvalue weighted by Crippen LogP contribution is 2.31. The number of fused-ring (bicyclic) bond motifs is 1. The number of nitrogens with one attached hydrogen (secondary N) is 1. The van der Waals surface area contributed by atoms with Crippen LogP contribution in [0.3, 0.4) is 0 Å². The van der Waals surface area contributed by atoms with Gasteiger partial charge in [-0.2, -0.15) is 0 Å². The highest BCUT2D eigenvalue weighted by molar-refractivity contribution is 5.80. The molecule has 0 bridgehead atoms. The summed E-state index contributed by atoms with van der Waals surface area (Å²) in [5.41, 5.74) is 12.6. The summed E-state index contributed by atoms with van der Waals surface area (Å²) in [7, 11) is 0. The summed E-state index contributed by atoms with van der Waals surface area (Å²) in [4.78, 5) is 15.1. The number of nitrogens with two attached hydrogens (primary N) is 2. The summed E-state index contributed by atoms with van der Waals surface area (Å²) in [6, 6.07) is -0.729. The number of rotatable bonds is 2. The van der Waals surface area contributed by atoms with Crippen LogP contribution in [0.4, 0.5) is 5.82 Å². The van der Waals surface area contributed by atoms with Gasteiger partial charge in [-0.15, -0.1) is 0 Å². The van der Waals surface area contributed by atoms with E-state index in [0.717, 1.165) is 0 Å². The number of anilines is 1. The van der Waals surface area contributed by atoms with E-state index in [1.165, 1.54) is 6.33 Å². The van der Waals surface area contributed by atoms with Gasteiger partial charge in [0.15, 0.2) is 17.3 Å². The Hall–Kier alpha value is -1.81. The molecule has 0 aromatic carbocycles. The fourth-order valence-corrected chi connectivity index (χ4v) is 2.17. The van der Waals surface area contributed by atoms with Crippen molar-refractivity contribution in [2.24, 2.45) is 5.73 Å². The molecule has 9 heteroatoms. The zero-order valence-corrected chi connectivity index (χ0v) is 9.89. The first-order valence-corrected chi connectivity index (χ1v) is 5.78. The maximum absolute atomic E-state index is 9.81. The Kier molecular flexibility index (Phi) is 2.82. The Morgan fingerprint density at radius 2 is 2.21 bits per heavy atom. The smallest absolute Gasteiger partial charge is 0.183 e. The van der Waals surface area contributed by atoms with E-state index in [4.69, 9.17) is 21.3 Å². The lowest BCUT2D eigenvalue weighted by Gasteiger charge is -2.14. The average Bonchev–Trinajstić information content (AvgIpc) is 2.96. The molecule has 1 aliphatic rings. The van der Waals surface area contributed by atoms with Gasteiger partial charge in [0.25, 0.3) is 0 Å². The number of H-pyrrole nitrogens is 1. The lowest BCUT2D eigenvalue weighted by Crippen LogP contribution is -2.39. The highest BCUT2D eigenvalue weighted by Gasteiger charge is 2.43. The Labute approximate surface area is 107 Å². The summed E-state index contributed by atoms with van der Waals surface area (Å²) >= 11 is 0. The van der Waals surface area contributed by atoms with Crippen LogP contribution < -0.4 is 11.5 Å². The van der Waals surface area contributed by atoms with E-state index in [-0.39, 0.29) is 18.2 Å². The second kappa shape index (κ2) is 4.38. The van der Waals surface area contributed by atoms with Gasteiger partial charge in [0, 0.05) is 0 Å². The number of aromatic nitrogens is 4. The Morgan fingerprint density at radius 3 is 2.89 bits per heavy atom. The zero-order chi connectivity index (χ0) is 13.6. The van der Waals surface area contributed by atoms with Crippen LogP contribution in [0.25, 0.3) is 11.2 Å². The van der Waals surface area contributed by atoms with Crippen molar-refractivity contribution >= 4 is 17.0 Å². The molecule has 1 fully saturated rings. The quantitative estimate of drug-likeness (QED) is 0.420. The van der Waals surface area contributed by atoms with E-state index in [1.54, 1.807) is 0 Å². The fourth-order valence-electron chi connectivity index (χ4n) is 2.17. The molecule has 7 N–H and O–H groups in total. The summed E-state index contributed by atoms with van der Waals surface area (Å²) in [5.74, 6) is 0.481. The Balaban J connectivity index is 2.00. The molecular formula is C10H14N6O3. The minimum Gasteiger partial charge on any atom is -0.394 e. The van der Waals surface area contributed by atoms with Gasteiger partial charge in [-0.1, -0.05) is 0 Å². The maximum Gasteiger partial charge on any atom is 0.183 e. The van der Waals surface area contributed by atoms with Crippen LogP contribution in [0, 0.1) is 0 Å². The van der Waals surface area contributed by atoms with Crippen molar-refractivity contribution in [3.8, 4) is 0 Å². The first kappa shape index (κ1) is 12.2. The minimum atomic E-state index is -0.977. The van der Waals surface area contributed by atoms with Gasteiger partial charge in [-0.3, -0.25) is 0 Å². The third kappa shape index (κ3) is 1.83. The van der Waals surface area contributed by atoms with Crippen LogP contribution in [-0.2, 0) is 4.74 Å². The van der Waals surface area contributed by atoms with Crippen LogP contribution in [0.1, 0.15) is 11.9 Å². The summed E-state index contributed by atoms with van der Waals surface area (Å²) in [6.07, 6.45) is -0.995. The van der Waals surface area contributed by atoms with E-state index >= 15 is 0 Å². The van der Waals surface area contributed by atoms with Crippen molar-refractivity contribution in [2.45, 2.75) is 24.4 Å². The molecule has 102 valence electrons. The second-order valence-corrected chi connectivity index (χ2v) is 4.41. The highest BCUT2D eigenvalue weighted by atomic mass is 16.5. The van der Waals surface area contributed by atoms with Crippen LogP contribution in [-0.4, -0.2) is 55.0 Å². The lowest BCUT2D eigenvalue weighted by atomic mass is 10.1. The molecule has 0 spiro atoms. The summed E-state index contributed by atoms with van der Waals surface area (Å²) < 4.78 is 5.46. The molecule has 1 saturated heterocycles. The summed E-state index contributed by atoms with van der Waals surface area (Å²) in [5, 5.41) is 18.9. The number of aliphatic hydroxyl groups is 2. The Morgan fingerprint density at radius 1 is 1.42 bits per heavy atom. The molecule has 0 aliphatic carbocycles. The molecule has 0 unspecified atom stereocenters. The summed E-state index contributed by atoms with van der Waals surface area (Å²) in [6.45, 7) is -0.328. The zero-order valence-electron chi connectivity index (χ0n) is 9.89. The first-order chi connectivity index (χ1) is 9.11. The van der Waals surface area contributed by atoms with Crippen LogP contribution >= 0.6 is 0 Å². The van der Waals surface area contributed by atoms with E-state index in [9.17, 15) is 5.11 Å². The SMILES string of the molecule is Nc1nc([C@@H]2O[C@H](CO)[C@@H](O)[C@@H]2N)nc2nc[nH]c12. The number of aromatic amines is 1. The molecule has 0 radical (unpaired) electrons. The number of ether oxygens (including phenoxy) is 1. The van der Waals surface area contributed by atoms with Crippen LogP contribution in [0.15, 0.2) is 6.33 Å². The standard InChI is InChI=1S/C10H14N6O3/c11-4-6(18)3(1-17)19-7(4)10-15-8(12)5-9(16-10)14-2-13-5/h2-4,6-7,17-18H,1,11H2,(H3,12,13,14,15,16)/t3-,4+,6-,7-/m1/s1. The lowest BCUT2D eigenvalue weighted by molar-refractivity contribution is -0.0246. The number of hydrogen-bond acceptors (Lipinski definition) is 8. The van der Waals surface area contributed by atoms with Gasteiger partial charge in [0.05, 0.1) is 19.0 Å². The normalized spacial score (nSPS) is 31.1. The van der Waals surface area contributed by atoms with Gasteiger partial charge < -0.3 is 31.4 Å². The number of nitrogens with zero attached hydrogens (tertiary/aromatic N) is 3. The largest absolute Gasteiger partial charge is 0.394 e. The first-order valence-electron chi connectivity index (χ1n) is 5.78. The number of hydrogen-bond donors (Lipinski definition) is 5. The topological polar surface area (TPSA) is 156 Å². The van der Waals surface area contributed by atoms with Gasteiger partial charge in [-0.05, 0) is 0 Å². The molecule has 0 amide bonds. The Bertz CT molecular complexity index is 602. The van der Waals surface area contributed by atoms with Crippen molar-refractivity contribution < 1.29 is 14.9 Å². The van der Waals surface area contributed by atoms with E-state index < -0.39 is 24.4 Å². The van der Waals surface area contributed by atoms with Gasteiger partial charge in [0.1, 0.15) is 23.8 Å². The number of imidazole rings is 1. The van der Waals surface area contributed by atoms with Gasteiger partial charge >= 0.3 is 0 Å². The van der Waals surface area contributed by atoms with E-state index in [1.807, 2.05) is 0 Å². The van der Waals surface area contributed by atoms with Crippen LogP contribution in [0.2, 0.25) is 0 Å². The predicted molar refractivity (Wildman–Crippen MR) is 64.8 cm³/mol. The number of aliphatic hydroxyl groups excluding tert-OH is 2. The molecule has 9 nitrogen and oxygen atoms in total. The number of nitrogen functional groups attached to an aromatic ring is 1. The molecule has 4 atom stereocenters. The van der Waals surface area contributed by atoms with Gasteiger partial charge in [0.2, 0.25) is 0 Å². The van der Waals surface area contributed by atoms with E-state index in [0.29, 0.717) is 11.2 Å². The van der Waals surface area contributed by atoms with Crippen molar-refractivity contribution in [3.05, 3.63) is 12.2 Å². The average molecular weight is 266 g/mol. The minimum absolute atomic E-state index is 0.232. The molecule has 1 aliphatic heterocycles. The third-order valence-electron chi connectivity index (χ3n) is 3.21. The third-order valence-corrected chi connectivity index (χ3v) is 3.21. The molecule has 19 heavy (non-hydrogen) atoms. The van der Waals surface area contributed by atoms with E-state index in [2.05, 4.69) is 19.9 Å². The molecule has 3 heterocycles. The predicted octanol–water partition coefficient (Wildman–Crippen LogP) is -1.94. The maximum atomic E-state index is 9.81. The monoisotopic (exact) mass is 266 g/mol. The van der Waals surface area contributed by atoms with Crippen molar-refractivity contribution in [1.29, 1.82) is 0 Å². The van der Waals surface area contributed by atoms with Crippen molar-refractivity contribution in [3.63, 3.8) is 0 Å². The molecule has 3 rings (SSSR count). The molecule has 2 aromatic heterocycles.